The van der Waals surface area contributed by atoms with Gasteiger partial charge in [0.2, 0.25) is 21.8 Å². The Hall–Kier alpha value is -2.87. The van der Waals surface area contributed by atoms with Crippen LogP contribution in [0.25, 0.3) is 0 Å². The van der Waals surface area contributed by atoms with Gasteiger partial charge in [-0.1, -0.05) is 68.3 Å². The summed E-state index contributed by atoms with van der Waals surface area (Å²) in [7, 11) is -3.73. The lowest BCUT2D eigenvalue weighted by molar-refractivity contribution is -0.140. The third-order valence-corrected chi connectivity index (χ3v) is 7.47. The largest absolute Gasteiger partial charge is 0.352 e. The Kier molecular flexibility index (Phi) is 8.72. The number of sulfonamides is 1. The normalized spacial score (nSPS) is 15.0. The van der Waals surface area contributed by atoms with Crippen molar-refractivity contribution in [2.45, 2.75) is 64.6 Å². The highest BCUT2D eigenvalue weighted by atomic mass is 32.2. The first-order valence-corrected chi connectivity index (χ1v) is 13.7. The molecule has 2 amide bonds. The summed E-state index contributed by atoms with van der Waals surface area (Å²) in [6, 6.07) is 16.0. The van der Waals surface area contributed by atoms with Crippen molar-refractivity contribution < 1.29 is 18.0 Å². The zero-order valence-electron chi connectivity index (χ0n) is 20.2. The smallest absolute Gasteiger partial charge is 0.244 e. The number of nitrogens with one attached hydrogen (secondary N) is 1. The van der Waals surface area contributed by atoms with E-state index in [1.807, 2.05) is 56.3 Å². The van der Waals surface area contributed by atoms with Gasteiger partial charge in [0.15, 0.2) is 0 Å². The molecule has 0 unspecified atom stereocenters. The van der Waals surface area contributed by atoms with Crippen LogP contribution in [0.3, 0.4) is 0 Å². The molecule has 184 valence electrons. The molecule has 7 nitrogen and oxygen atoms in total. The first-order valence-electron chi connectivity index (χ1n) is 11.9. The number of nitrogens with zero attached hydrogens (tertiary/aromatic N) is 2. The van der Waals surface area contributed by atoms with Gasteiger partial charge in [-0.05, 0) is 43.4 Å². The van der Waals surface area contributed by atoms with Crippen molar-refractivity contribution in [2.24, 2.45) is 0 Å². The molecule has 0 saturated heterocycles. The summed E-state index contributed by atoms with van der Waals surface area (Å²) in [5.74, 6) is -0.591. The van der Waals surface area contributed by atoms with E-state index in [0.717, 1.165) is 47.4 Å². The van der Waals surface area contributed by atoms with Crippen molar-refractivity contribution in [3.63, 3.8) is 0 Å². The number of amides is 2. The number of benzene rings is 2. The Balaban J connectivity index is 1.91. The SMILES string of the molecule is CC[C@H](C(=O)NC1CCCC1)N(Cc1ccccc1)C(=O)CN(c1ccccc1C)S(C)(=O)=O. The molecule has 1 aliphatic carbocycles. The molecule has 0 heterocycles. The molecule has 3 rings (SSSR count). The molecule has 8 heteroatoms. The second kappa shape index (κ2) is 11.5. The minimum Gasteiger partial charge on any atom is -0.352 e. The predicted molar refractivity (Wildman–Crippen MR) is 135 cm³/mol. The van der Waals surface area contributed by atoms with Crippen LogP contribution in [0.4, 0.5) is 5.69 Å². The monoisotopic (exact) mass is 485 g/mol. The van der Waals surface area contributed by atoms with Crippen LogP contribution in [0, 0.1) is 6.92 Å². The molecule has 2 aromatic carbocycles. The average molecular weight is 486 g/mol. The second-order valence-corrected chi connectivity index (χ2v) is 10.9. The molecule has 0 radical (unpaired) electrons. The maximum Gasteiger partial charge on any atom is 0.244 e. The van der Waals surface area contributed by atoms with Crippen molar-refractivity contribution in [3.8, 4) is 0 Å². The number of carbonyl (C=O) groups is 2. The molecule has 1 aliphatic rings. The van der Waals surface area contributed by atoms with E-state index >= 15 is 0 Å². The van der Waals surface area contributed by atoms with Crippen molar-refractivity contribution in [1.29, 1.82) is 0 Å². The Bertz CT molecular complexity index is 1080. The van der Waals surface area contributed by atoms with E-state index in [1.54, 1.807) is 12.1 Å². The van der Waals surface area contributed by atoms with E-state index in [0.29, 0.717) is 12.1 Å². The Morgan fingerprint density at radius 1 is 1.03 bits per heavy atom. The molecule has 2 aromatic rings. The van der Waals surface area contributed by atoms with Gasteiger partial charge < -0.3 is 10.2 Å². The van der Waals surface area contributed by atoms with Crippen LogP contribution >= 0.6 is 0 Å². The van der Waals surface area contributed by atoms with Crippen molar-refractivity contribution in [1.82, 2.24) is 10.2 Å². The van der Waals surface area contributed by atoms with Gasteiger partial charge in [0.05, 0.1) is 11.9 Å². The molecule has 1 atom stereocenters. The first-order chi connectivity index (χ1) is 16.2. The maximum atomic E-state index is 13.7. The quantitative estimate of drug-likeness (QED) is 0.557. The van der Waals surface area contributed by atoms with Gasteiger partial charge in [0.25, 0.3) is 0 Å². The molecule has 1 saturated carbocycles. The Morgan fingerprint density at radius 2 is 1.65 bits per heavy atom. The molecule has 34 heavy (non-hydrogen) atoms. The fourth-order valence-corrected chi connectivity index (χ4v) is 5.41. The molecule has 1 fully saturated rings. The van der Waals surface area contributed by atoms with Crippen LogP contribution in [-0.4, -0.2) is 50.0 Å². The molecular weight excluding hydrogens is 450 g/mol. The lowest BCUT2D eigenvalue weighted by atomic mass is 10.1. The number of carbonyl (C=O) groups excluding carboxylic acids is 2. The maximum absolute atomic E-state index is 13.7. The van der Waals surface area contributed by atoms with E-state index in [1.165, 1.54) is 4.90 Å². The molecule has 1 N–H and O–H groups in total. The lowest BCUT2D eigenvalue weighted by Gasteiger charge is -2.33. The molecular formula is C26H35N3O4S. The molecule has 0 aliphatic heterocycles. The molecule has 0 spiro atoms. The van der Waals surface area contributed by atoms with E-state index in [2.05, 4.69) is 5.32 Å². The van der Waals surface area contributed by atoms with Crippen molar-refractivity contribution in [2.75, 3.05) is 17.1 Å². The molecule has 0 bridgehead atoms. The van der Waals surface area contributed by atoms with Crippen LogP contribution in [0.5, 0.6) is 0 Å². The number of rotatable bonds is 10. The highest BCUT2D eigenvalue weighted by Crippen LogP contribution is 2.23. The number of hydrogen-bond acceptors (Lipinski definition) is 4. The predicted octanol–water partition coefficient (Wildman–Crippen LogP) is 3.63. The number of anilines is 1. The summed E-state index contributed by atoms with van der Waals surface area (Å²) < 4.78 is 26.5. The summed E-state index contributed by atoms with van der Waals surface area (Å²) in [5.41, 5.74) is 2.09. The third kappa shape index (κ3) is 6.59. The highest BCUT2D eigenvalue weighted by molar-refractivity contribution is 7.92. The van der Waals surface area contributed by atoms with Gasteiger partial charge in [-0.2, -0.15) is 0 Å². The summed E-state index contributed by atoms with van der Waals surface area (Å²) in [6.07, 6.45) is 5.61. The van der Waals surface area contributed by atoms with Crippen LogP contribution in [0.1, 0.15) is 50.2 Å². The summed E-state index contributed by atoms with van der Waals surface area (Å²) in [5, 5.41) is 3.11. The van der Waals surface area contributed by atoms with Gasteiger partial charge in [-0.25, -0.2) is 8.42 Å². The summed E-state index contributed by atoms with van der Waals surface area (Å²) >= 11 is 0. The second-order valence-electron chi connectivity index (χ2n) is 8.98. The minimum absolute atomic E-state index is 0.134. The Labute approximate surface area is 203 Å². The van der Waals surface area contributed by atoms with Crippen LogP contribution in [0.15, 0.2) is 54.6 Å². The van der Waals surface area contributed by atoms with Crippen molar-refractivity contribution >= 4 is 27.5 Å². The summed E-state index contributed by atoms with van der Waals surface area (Å²) in [6.45, 7) is 3.54. The fourth-order valence-electron chi connectivity index (χ4n) is 4.51. The van der Waals surface area contributed by atoms with E-state index in [9.17, 15) is 18.0 Å². The zero-order valence-corrected chi connectivity index (χ0v) is 21.1. The minimum atomic E-state index is -3.73. The third-order valence-electron chi connectivity index (χ3n) is 6.35. The average Bonchev–Trinajstić information content (AvgIpc) is 3.31. The fraction of sp³-hybridized carbons (Fsp3) is 0.462. The van der Waals surface area contributed by atoms with Crippen LogP contribution < -0.4 is 9.62 Å². The van der Waals surface area contributed by atoms with Crippen molar-refractivity contribution in [3.05, 3.63) is 65.7 Å². The van der Waals surface area contributed by atoms with Crippen LogP contribution in [0.2, 0.25) is 0 Å². The van der Waals surface area contributed by atoms with Gasteiger partial charge in [0, 0.05) is 12.6 Å². The topological polar surface area (TPSA) is 86.8 Å². The van der Waals surface area contributed by atoms with E-state index < -0.39 is 22.0 Å². The Morgan fingerprint density at radius 3 is 2.24 bits per heavy atom. The lowest BCUT2D eigenvalue weighted by Crippen LogP contribution is -2.53. The standard InChI is InChI=1S/C26H35N3O4S/c1-4-23(26(31)27-22-15-9-10-16-22)28(18-21-13-6-5-7-14-21)25(30)19-29(34(3,32)33)24-17-11-8-12-20(24)2/h5-8,11-14,17,22-23H,4,9-10,15-16,18-19H2,1-3H3,(H,27,31)/t23-/m1/s1. The zero-order chi connectivity index (χ0) is 24.7. The van der Waals surface area contributed by atoms with Gasteiger partial charge in [0.1, 0.15) is 12.6 Å². The van der Waals surface area contributed by atoms with Gasteiger partial charge in [-0.3, -0.25) is 13.9 Å². The highest BCUT2D eigenvalue weighted by Gasteiger charge is 2.33. The van der Waals surface area contributed by atoms with Gasteiger partial charge in [-0.15, -0.1) is 0 Å². The number of para-hydroxylation sites is 1. The van der Waals surface area contributed by atoms with E-state index in [-0.39, 0.29) is 25.0 Å². The first kappa shape index (κ1) is 25.7. The van der Waals surface area contributed by atoms with Crippen LogP contribution in [-0.2, 0) is 26.2 Å². The number of hydrogen-bond donors (Lipinski definition) is 1. The van der Waals surface area contributed by atoms with Gasteiger partial charge >= 0.3 is 0 Å². The molecule has 0 aromatic heterocycles. The van der Waals surface area contributed by atoms with E-state index in [4.69, 9.17) is 0 Å². The number of aryl methyl sites for hydroxylation is 1. The summed E-state index contributed by atoms with van der Waals surface area (Å²) in [4.78, 5) is 28.4.